The quantitative estimate of drug-likeness (QED) is 0.759. The molecule has 2 aromatic rings. The lowest BCUT2D eigenvalue weighted by molar-refractivity contribution is 0.101. The van der Waals surface area contributed by atoms with Gasteiger partial charge >= 0.3 is 0 Å². The second-order valence-corrected chi connectivity index (χ2v) is 4.09. The van der Waals surface area contributed by atoms with Crippen molar-refractivity contribution in [2.75, 3.05) is 0 Å². The van der Waals surface area contributed by atoms with Crippen LogP contribution in [-0.4, -0.2) is 5.78 Å². The van der Waals surface area contributed by atoms with Crippen LogP contribution < -0.4 is 4.74 Å². The average Bonchev–Trinajstić information content (AvgIpc) is 2.34. The van der Waals surface area contributed by atoms with Crippen molar-refractivity contribution in [1.82, 2.24) is 0 Å². The van der Waals surface area contributed by atoms with Gasteiger partial charge in [-0.25, -0.2) is 4.39 Å². The fraction of sp³-hybridized carbons (Fsp3) is 0.133. The van der Waals surface area contributed by atoms with Crippen LogP contribution in [0.4, 0.5) is 4.39 Å². The summed E-state index contributed by atoms with van der Waals surface area (Å²) >= 11 is 0. The largest absolute Gasteiger partial charge is 0.457 e. The van der Waals surface area contributed by atoms with E-state index in [-0.39, 0.29) is 11.6 Å². The molecule has 0 heterocycles. The number of carbonyl (C=O) groups is 1. The molecule has 0 N–H and O–H groups in total. The fourth-order valence-corrected chi connectivity index (χ4v) is 1.53. The molecule has 0 aromatic heterocycles. The highest BCUT2D eigenvalue weighted by molar-refractivity contribution is 5.94. The van der Waals surface area contributed by atoms with Gasteiger partial charge in [-0.2, -0.15) is 0 Å². The molecule has 3 heteroatoms. The Morgan fingerprint density at radius 1 is 1.06 bits per heavy atom. The highest BCUT2D eigenvalue weighted by Crippen LogP contribution is 2.23. The molecule has 0 saturated carbocycles. The van der Waals surface area contributed by atoms with Crippen LogP contribution in [-0.2, 0) is 0 Å². The van der Waals surface area contributed by atoms with Gasteiger partial charge in [0.1, 0.15) is 17.3 Å². The van der Waals surface area contributed by atoms with Crippen molar-refractivity contribution in [1.29, 1.82) is 0 Å². The first-order valence-corrected chi connectivity index (χ1v) is 5.61. The summed E-state index contributed by atoms with van der Waals surface area (Å²) in [5.74, 6) is 0.715. The molecule has 2 nitrogen and oxygen atoms in total. The van der Waals surface area contributed by atoms with Crippen LogP contribution in [0.3, 0.4) is 0 Å². The maximum absolute atomic E-state index is 13.3. The van der Waals surface area contributed by atoms with Crippen LogP contribution in [0.5, 0.6) is 11.5 Å². The molecular formula is C15H13FO2. The molecule has 0 amide bonds. The average molecular weight is 244 g/mol. The number of aryl methyl sites for hydroxylation is 1. The third-order valence-corrected chi connectivity index (χ3v) is 2.64. The van der Waals surface area contributed by atoms with Gasteiger partial charge in [0.05, 0.1) is 0 Å². The van der Waals surface area contributed by atoms with Crippen molar-refractivity contribution in [3.8, 4) is 11.5 Å². The minimum absolute atomic E-state index is 0.00271. The number of carbonyl (C=O) groups excluding carboxylic acids is 1. The number of rotatable bonds is 3. The van der Waals surface area contributed by atoms with E-state index in [4.69, 9.17) is 4.74 Å². The molecule has 0 spiro atoms. The van der Waals surface area contributed by atoms with Crippen LogP contribution in [0.25, 0.3) is 0 Å². The number of ketones is 1. The molecule has 0 aliphatic heterocycles. The zero-order chi connectivity index (χ0) is 13.1. The number of hydrogen-bond donors (Lipinski definition) is 0. The van der Waals surface area contributed by atoms with Gasteiger partial charge in [-0.1, -0.05) is 6.07 Å². The first kappa shape index (κ1) is 12.3. The van der Waals surface area contributed by atoms with Gasteiger partial charge in [0.25, 0.3) is 0 Å². The SMILES string of the molecule is CC(=O)c1ccc(Oc2ccc(C)c(F)c2)cc1. The zero-order valence-electron chi connectivity index (χ0n) is 10.2. The Balaban J connectivity index is 2.18. The second kappa shape index (κ2) is 5.00. The Kier molecular flexibility index (Phi) is 3.42. The standard InChI is InChI=1S/C15H13FO2/c1-10-3-6-14(9-15(10)16)18-13-7-4-12(5-8-13)11(2)17/h3-9H,1-2H3. The third kappa shape index (κ3) is 2.74. The molecule has 0 saturated heterocycles. The minimum Gasteiger partial charge on any atom is -0.457 e. The highest BCUT2D eigenvalue weighted by atomic mass is 19.1. The van der Waals surface area contributed by atoms with E-state index in [1.165, 1.54) is 13.0 Å². The molecular weight excluding hydrogens is 231 g/mol. The van der Waals surface area contributed by atoms with E-state index in [9.17, 15) is 9.18 Å². The summed E-state index contributed by atoms with van der Waals surface area (Å²) in [6, 6.07) is 11.5. The van der Waals surface area contributed by atoms with Gasteiger partial charge in [-0.05, 0) is 49.7 Å². The van der Waals surface area contributed by atoms with E-state index >= 15 is 0 Å². The molecule has 0 fully saturated rings. The number of halogens is 1. The molecule has 0 atom stereocenters. The number of hydrogen-bond acceptors (Lipinski definition) is 2. The summed E-state index contributed by atoms with van der Waals surface area (Å²) in [5.41, 5.74) is 1.20. The smallest absolute Gasteiger partial charge is 0.159 e. The monoisotopic (exact) mass is 244 g/mol. The second-order valence-electron chi connectivity index (χ2n) is 4.09. The molecule has 92 valence electrons. The molecule has 2 rings (SSSR count). The van der Waals surface area contributed by atoms with Gasteiger partial charge in [-0.15, -0.1) is 0 Å². The summed E-state index contributed by atoms with van der Waals surface area (Å²) < 4.78 is 18.8. The molecule has 0 unspecified atom stereocenters. The fourth-order valence-electron chi connectivity index (χ4n) is 1.53. The van der Waals surface area contributed by atoms with E-state index in [1.54, 1.807) is 43.3 Å². The predicted octanol–water partition coefficient (Wildman–Crippen LogP) is 4.13. The Morgan fingerprint density at radius 2 is 1.67 bits per heavy atom. The molecule has 0 aliphatic carbocycles. The van der Waals surface area contributed by atoms with Crippen molar-refractivity contribution < 1.29 is 13.9 Å². The summed E-state index contributed by atoms with van der Waals surface area (Å²) in [5, 5.41) is 0. The Hall–Kier alpha value is -2.16. The van der Waals surface area contributed by atoms with Gasteiger partial charge in [0.15, 0.2) is 5.78 Å². The minimum atomic E-state index is -0.298. The molecule has 18 heavy (non-hydrogen) atoms. The van der Waals surface area contributed by atoms with Crippen molar-refractivity contribution in [3.63, 3.8) is 0 Å². The maximum Gasteiger partial charge on any atom is 0.159 e. The predicted molar refractivity (Wildman–Crippen MR) is 67.7 cm³/mol. The molecule has 2 aromatic carbocycles. The summed E-state index contributed by atoms with van der Waals surface area (Å²) in [7, 11) is 0. The van der Waals surface area contributed by atoms with Crippen LogP contribution >= 0.6 is 0 Å². The molecule has 0 radical (unpaired) electrons. The van der Waals surface area contributed by atoms with E-state index in [2.05, 4.69) is 0 Å². The van der Waals surface area contributed by atoms with Crippen LogP contribution in [0.1, 0.15) is 22.8 Å². The van der Waals surface area contributed by atoms with Gasteiger partial charge < -0.3 is 4.74 Å². The first-order chi connectivity index (χ1) is 8.56. The van der Waals surface area contributed by atoms with E-state index < -0.39 is 0 Å². The topological polar surface area (TPSA) is 26.3 Å². The Bertz CT molecular complexity index is 574. The summed E-state index contributed by atoms with van der Waals surface area (Å²) in [6.45, 7) is 3.20. The number of benzene rings is 2. The Labute approximate surface area is 105 Å². The van der Waals surface area contributed by atoms with E-state index in [0.717, 1.165) is 0 Å². The van der Waals surface area contributed by atoms with Gasteiger partial charge in [0.2, 0.25) is 0 Å². The molecule has 0 aliphatic rings. The maximum atomic E-state index is 13.3. The van der Waals surface area contributed by atoms with E-state index in [1.807, 2.05) is 0 Å². The van der Waals surface area contributed by atoms with Crippen LogP contribution in [0.2, 0.25) is 0 Å². The normalized spacial score (nSPS) is 10.2. The molecule has 0 bridgehead atoms. The summed E-state index contributed by atoms with van der Waals surface area (Å²) in [6.07, 6.45) is 0. The van der Waals surface area contributed by atoms with Gasteiger partial charge in [-0.3, -0.25) is 4.79 Å². The first-order valence-electron chi connectivity index (χ1n) is 5.61. The lowest BCUT2D eigenvalue weighted by atomic mass is 10.1. The lowest BCUT2D eigenvalue weighted by Crippen LogP contribution is -1.92. The van der Waals surface area contributed by atoms with Crippen molar-refractivity contribution in [2.45, 2.75) is 13.8 Å². The zero-order valence-corrected chi connectivity index (χ0v) is 10.2. The number of ether oxygens (including phenoxy) is 1. The van der Waals surface area contributed by atoms with Crippen molar-refractivity contribution in [2.24, 2.45) is 0 Å². The third-order valence-electron chi connectivity index (χ3n) is 2.64. The lowest BCUT2D eigenvalue weighted by Gasteiger charge is -2.07. The summed E-state index contributed by atoms with van der Waals surface area (Å²) in [4.78, 5) is 11.1. The van der Waals surface area contributed by atoms with Crippen molar-refractivity contribution >= 4 is 5.78 Å². The van der Waals surface area contributed by atoms with Crippen molar-refractivity contribution in [3.05, 3.63) is 59.4 Å². The van der Waals surface area contributed by atoms with Gasteiger partial charge in [0, 0.05) is 11.6 Å². The van der Waals surface area contributed by atoms with Crippen LogP contribution in [0.15, 0.2) is 42.5 Å². The Morgan fingerprint density at radius 3 is 2.22 bits per heavy atom. The number of Topliss-reactive ketones (excluding diaryl/α,β-unsaturated/α-hetero) is 1. The highest BCUT2D eigenvalue weighted by Gasteiger charge is 2.03. The van der Waals surface area contributed by atoms with Crippen LogP contribution in [0, 0.1) is 12.7 Å². The van der Waals surface area contributed by atoms with E-state index in [0.29, 0.717) is 22.6 Å².